The number of aromatic nitrogens is 2. The van der Waals surface area contributed by atoms with E-state index in [0.717, 1.165) is 12.1 Å². The van der Waals surface area contributed by atoms with Crippen molar-refractivity contribution in [1.82, 2.24) is 9.97 Å². The Morgan fingerprint density at radius 1 is 1.47 bits per heavy atom. The van der Waals surface area contributed by atoms with Crippen molar-refractivity contribution in [2.24, 2.45) is 0 Å². The van der Waals surface area contributed by atoms with Crippen LogP contribution in [-0.2, 0) is 6.42 Å². The van der Waals surface area contributed by atoms with Crippen LogP contribution < -0.4 is 5.32 Å². The maximum atomic E-state index is 9.10. The molecule has 0 aliphatic carbocycles. The topological polar surface area (TPSA) is 58.0 Å². The number of aliphatic hydroxyl groups is 1. The second-order valence-electron chi connectivity index (χ2n) is 4.03. The van der Waals surface area contributed by atoms with Crippen LogP contribution in [0.15, 0.2) is 6.07 Å². The van der Waals surface area contributed by atoms with Crippen molar-refractivity contribution in [1.29, 1.82) is 0 Å². The highest BCUT2D eigenvalue weighted by Crippen LogP contribution is 2.14. The van der Waals surface area contributed by atoms with Gasteiger partial charge in [-0.25, -0.2) is 9.97 Å². The van der Waals surface area contributed by atoms with Crippen molar-refractivity contribution in [2.45, 2.75) is 32.7 Å². The van der Waals surface area contributed by atoms with E-state index in [1.165, 1.54) is 0 Å². The molecule has 1 heterocycles. The van der Waals surface area contributed by atoms with Crippen molar-refractivity contribution in [2.75, 3.05) is 11.9 Å². The molecule has 1 aromatic rings. The van der Waals surface area contributed by atoms with Crippen molar-refractivity contribution in [3.05, 3.63) is 16.9 Å². The average molecular weight is 230 g/mol. The van der Waals surface area contributed by atoms with Gasteiger partial charge in [-0.15, -0.1) is 0 Å². The van der Waals surface area contributed by atoms with E-state index in [0.29, 0.717) is 11.1 Å². The van der Waals surface area contributed by atoms with Crippen LogP contribution in [0.2, 0.25) is 5.15 Å². The second kappa shape index (κ2) is 4.77. The highest BCUT2D eigenvalue weighted by molar-refractivity contribution is 6.29. The molecule has 4 nitrogen and oxygen atoms in total. The van der Waals surface area contributed by atoms with Gasteiger partial charge < -0.3 is 10.4 Å². The van der Waals surface area contributed by atoms with Crippen LogP contribution >= 0.6 is 11.6 Å². The molecule has 0 saturated carbocycles. The van der Waals surface area contributed by atoms with Gasteiger partial charge in [0, 0.05) is 5.69 Å². The standard InChI is InChI=1S/C10H16ClN3O/c1-4-7-5-8(11)13-9(12-7)14-10(2,3)6-15/h5,15H,4,6H2,1-3H3,(H,12,13,14). The Bertz CT molecular complexity index is 341. The van der Waals surface area contributed by atoms with Crippen LogP contribution in [0.5, 0.6) is 0 Å². The first-order valence-corrected chi connectivity index (χ1v) is 5.27. The molecule has 0 amide bonds. The molecule has 2 N–H and O–H groups in total. The number of aryl methyl sites for hydroxylation is 1. The summed E-state index contributed by atoms with van der Waals surface area (Å²) in [4.78, 5) is 8.31. The number of nitrogens with zero attached hydrogens (tertiary/aromatic N) is 2. The van der Waals surface area contributed by atoms with Crippen LogP contribution in [0.1, 0.15) is 26.5 Å². The number of rotatable bonds is 4. The number of hydrogen-bond acceptors (Lipinski definition) is 4. The molecule has 0 aliphatic heterocycles. The van der Waals surface area contributed by atoms with E-state index in [1.54, 1.807) is 6.07 Å². The zero-order valence-corrected chi connectivity index (χ0v) is 9.97. The van der Waals surface area contributed by atoms with Gasteiger partial charge >= 0.3 is 0 Å². The summed E-state index contributed by atoms with van der Waals surface area (Å²) in [6.07, 6.45) is 0.802. The van der Waals surface area contributed by atoms with Gasteiger partial charge in [0.25, 0.3) is 0 Å². The molecule has 0 radical (unpaired) electrons. The molecular formula is C10H16ClN3O. The lowest BCUT2D eigenvalue weighted by Gasteiger charge is -2.23. The number of nitrogens with one attached hydrogen (secondary N) is 1. The first-order valence-electron chi connectivity index (χ1n) is 4.89. The van der Waals surface area contributed by atoms with Gasteiger partial charge in [0.1, 0.15) is 5.15 Å². The predicted molar refractivity (Wildman–Crippen MR) is 61.2 cm³/mol. The van der Waals surface area contributed by atoms with E-state index in [2.05, 4.69) is 15.3 Å². The smallest absolute Gasteiger partial charge is 0.224 e. The minimum Gasteiger partial charge on any atom is -0.394 e. The third kappa shape index (κ3) is 3.64. The van der Waals surface area contributed by atoms with Crippen LogP contribution in [0.3, 0.4) is 0 Å². The van der Waals surface area contributed by atoms with Crippen molar-refractivity contribution >= 4 is 17.5 Å². The maximum absolute atomic E-state index is 9.10. The summed E-state index contributed by atoms with van der Waals surface area (Å²) in [5.74, 6) is 0.457. The highest BCUT2D eigenvalue weighted by Gasteiger charge is 2.17. The van der Waals surface area contributed by atoms with Crippen molar-refractivity contribution in [3.8, 4) is 0 Å². The first-order chi connectivity index (χ1) is 6.96. The lowest BCUT2D eigenvalue weighted by atomic mass is 10.1. The fraction of sp³-hybridized carbons (Fsp3) is 0.600. The third-order valence-electron chi connectivity index (χ3n) is 1.96. The Labute approximate surface area is 94.7 Å². The zero-order valence-electron chi connectivity index (χ0n) is 9.21. The van der Waals surface area contributed by atoms with E-state index in [9.17, 15) is 0 Å². The lowest BCUT2D eigenvalue weighted by Crippen LogP contribution is -2.35. The fourth-order valence-corrected chi connectivity index (χ4v) is 1.25. The molecule has 0 spiro atoms. The van der Waals surface area contributed by atoms with Gasteiger partial charge in [-0.05, 0) is 26.3 Å². The zero-order chi connectivity index (χ0) is 11.5. The van der Waals surface area contributed by atoms with Gasteiger partial charge in [0.2, 0.25) is 5.95 Å². The molecule has 0 bridgehead atoms. The van der Waals surface area contributed by atoms with Crippen molar-refractivity contribution < 1.29 is 5.11 Å². The molecule has 0 aromatic carbocycles. The Hall–Kier alpha value is -0.870. The molecule has 0 fully saturated rings. The Balaban J connectivity index is 2.90. The number of anilines is 1. The van der Waals surface area contributed by atoms with Gasteiger partial charge in [-0.2, -0.15) is 0 Å². The molecule has 0 saturated heterocycles. The summed E-state index contributed by atoms with van der Waals surface area (Å²) >= 11 is 5.85. The van der Waals surface area contributed by atoms with Crippen LogP contribution in [0.4, 0.5) is 5.95 Å². The normalized spacial score (nSPS) is 11.5. The average Bonchev–Trinajstić information content (AvgIpc) is 2.16. The monoisotopic (exact) mass is 229 g/mol. The minimum atomic E-state index is -0.449. The molecule has 15 heavy (non-hydrogen) atoms. The summed E-state index contributed by atoms with van der Waals surface area (Å²) in [5, 5.41) is 12.5. The molecule has 1 rings (SSSR count). The van der Waals surface area contributed by atoms with Gasteiger partial charge in [-0.3, -0.25) is 0 Å². The lowest BCUT2D eigenvalue weighted by molar-refractivity contribution is 0.233. The first kappa shape index (κ1) is 12.2. The van der Waals surface area contributed by atoms with Gasteiger partial charge in [0.15, 0.2) is 0 Å². The fourth-order valence-electron chi connectivity index (χ4n) is 1.04. The molecule has 84 valence electrons. The Kier molecular flexibility index (Phi) is 3.88. The second-order valence-corrected chi connectivity index (χ2v) is 4.41. The van der Waals surface area contributed by atoms with Crippen molar-refractivity contribution in [3.63, 3.8) is 0 Å². The molecule has 1 aromatic heterocycles. The quantitative estimate of drug-likeness (QED) is 0.774. The Morgan fingerprint density at radius 2 is 2.13 bits per heavy atom. The SMILES string of the molecule is CCc1cc(Cl)nc(NC(C)(C)CO)n1. The number of hydrogen-bond donors (Lipinski definition) is 2. The Morgan fingerprint density at radius 3 is 2.67 bits per heavy atom. The van der Waals surface area contributed by atoms with E-state index < -0.39 is 5.54 Å². The summed E-state index contributed by atoms with van der Waals surface area (Å²) in [6.45, 7) is 5.73. The predicted octanol–water partition coefficient (Wildman–Crippen LogP) is 1.88. The summed E-state index contributed by atoms with van der Waals surface area (Å²) in [5.41, 5.74) is 0.432. The summed E-state index contributed by atoms with van der Waals surface area (Å²) in [6, 6.07) is 1.73. The largest absolute Gasteiger partial charge is 0.394 e. The van der Waals surface area contributed by atoms with E-state index in [1.807, 2.05) is 20.8 Å². The van der Waals surface area contributed by atoms with Gasteiger partial charge in [0.05, 0.1) is 12.1 Å². The molecule has 0 unspecified atom stereocenters. The van der Waals surface area contributed by atoms with Crippen LogP contribution in [-0.4, -0.2) is 27.2 Å². The minimum absolute atomic E-state index is 0.00430. The third-order valence-corrected chi connectivity index (χ3v) is 2.15. The summed E-state index contributed by atoms with van der Waals surface area (Å²) in [7, 11) is 0. The maximum Gasteiger partial charge on any atom is 0.224 e. The van der Waals surface area contributed by atoms with Crippen LogP contribution in [0.25, 0.3) is 0 Å². The number of aliphatic hydroxyl groups excluding tert-OH is 1. The molecule has 5 heteroatoms. The molecule has 0 aliphatic rings. The van der Waals surface area contributed by atoms with Gasteiger partial charge in [-0.1, -0.05) is 18.5 Å². The highest BCUT2D eigenvalue weighted by atomic mass is 35.5. The van der Waals surface area contributed by atoms with E-state index in [4.69, 9.17) is 16.7 Å². The van der Waals surface area contributed by atoms with E-state index in [-0.39, 0.29) is 6.61 Å². The summed E-state index contributed by atoms with van der Waals surface area (Å²) < 4.78 is 0. The van der Waals surface area contributed by atoms with Crippen LogP contribution in [0, 0.1) is 0 Å². The van der Waals surface area contributed by atoms with E-state index >= 15 is 0 Å². The molecular weight excluding hydrogens is 214 g/mol. The molecule has 0 atom stereocenters. The number of halogens is 1.